The summed E-state index contributed by atoms with van der Waals surface area (Å²) in [5, 5.41) is 1.21. The van der Waals surface area contributed by atoms with Crippen LogP contribution in [0.25, 0.3) is 10.9 Å². The summed E-state index contributed by atoms with van der Waals surface area (Å²) in [4.78, 5) is 15.2. The molecule has 2 atom stereocenters. The van der Waals surface area contributed by atoms with E-state index < -0.39 is 0 Å². The average molecular weight is 346 g/mol. The fraction of sp³-hybridized carbons (Fsp3) is 0.318. The summed E-state index contributed by atoms with van der Waals surface area (Å²) in [7, 11) is 2.07. The van der Waals surface area contributed by atoms with Crippen LogP contribution in [0, 0.1) is 0 Å². The lowest BCUT2D eigenvalue weighted by Gasteiger charge is -2.27. The molecule has 0 radical (unpaired) electrons. The van der Waals surface area contributed by atoms with Crippen molar-refractivity contribution in [2.24, 2.45) is 7.05 Å². The summed E-state index contributed by atoms with van der Waals surface area (Å²) in [6.45, 7) is 1.46. The van der Waals surface area contributed by atoms with Gasteiger partial charge in [0.15, 0.2) is 0 Å². The molecule has 0 saturated carbocycles. The van der Waals surface area contributed by atoms with E-state index in [2.05, 4.69) is 48.1 Å². The number of benzene rings is 2. The summed E-state index contributed by atoms with van der Waals surface area (Å²) in [5.41, 5.74) is 4.31. The van der Waals surface area contributed by atoms with Crippen LogP contribution < -0.4 is 0 Å². The number of rotatable bonds is 3. The zero-order valence-corrected chi connectivity index (χ0v) is 14.9. The maximum absolute atomic E-state index is 13.2. The highest BCUT2D eigenvalue weighted by Gasteiger charge is 2.40. The third-order valence-corrected chi connectivity index (χ3v) is 5.71. The minimum atomic E-state index is -0.0472. The number of nitrogens with zero attached hydrogens (tertiary/aromatic N) is 2. The first kappa shape index (κ1) is 15.6. The minimum absolute atomic E-state index is 0.0472. The summed E-state index contributed by atoms with van der Waals surface area (Å²) >= 11 is 0. The van der Waals surface area contributed by atoms with Crippen molar-refractivity contribution in [3.05, 3.63) is 71.4 Å². The Hall–Kier alpha value is -2.59. The highest BCUT2D eigenvalue weighted by molar-refractivity contribution is 6.00. The van der Waals surface area contributed by atoms with Crippen LogP contribution in [0.5, 0.6) is 0 Å². The van der Waals surface area contributed by atoms with Crippen molar-refractivity contribution in [3.8, 4) is 0 Å². The predicted octanol–water partition coefficient (Wildman–Crippen LogP) is 3.90. The second-order valence-corrected chi connectivity index (χ2v) is 7.29. The highest BCUT2D eigenvalue weighted by atomic mass is 16.5. The molecular weight excluding hydrogens is 324 g/mol. The van der Waals surface area contributed by atoms with Crippen molar-refractivity contribution in [2.45, 2.75) is 25.0 Å². The maximum Gasteiger partial charge on any atom is 0.255 e. The van der Waals surface area contributed by atoms with Crippen LogP contribution in [0.4, 0.5) is 0 Å². The molecule has 26 heavy (non-hydrogen) atoms. The van der Waals surface area contributed by atoms with Gasteiger partial charge >= 0.3 is 0 Å². The number of carbonyl (C=O) groups excluding carboxylic acids is 1. The molecule has 1 aromatic heterocycles. The van der Waals surface area contributed by atoms with Crippen molar-refractivity contribution in [1.29, 1.82) is 0 Å². The maximum atomic E-state index is 13.2. The van der Waals surface area contributed by atoms with Crippen molar-refractivity contribution >= 4 is 16.8 Å². The third kappa shape index (κ3) is 2.29. The van der Waals surface area contributed by atoms with Gasteiger partial charge in [-0.3, -0.25) is 4.79 Å². The molecule has 1 fully saturated rings. The van der Waals surface area contributed by atoms with Gasteiger partial charge < -0.3 is 14.2 Å². The Kier molecular flexibility index (Phi) is 3.61. The van der Waals surface area contributed by atoms with Crippen molar-refractivity contribution in [1.82, 2.24) is 9.47 Å². The SMILES string of the molecule is Cn1cc([C@H]2c3ccccc3C(=O)N2C[C@@H]2CCCO2)c2ccccc21. The first-order valence-electron chi connectivity index (χ1n) is 9.29. The van der Waals surface area contributed by atoms with E-state index in [-0.39, 0.29) is 18.1 Å². The average Bonchev–Trinajstić information content (AvgIpc) is 3.36. The van der Waals surface area contributed by atoms with E-state index in [9.17, 15) is 4.79 Å². The molecule has 0 N–H and O–H groups in total. The lowest BCUT2D eigenvalue weighted by Crippen LogP contribution is -2.35. The van der Waals surface area contributed by atoms with Gasteiger partial charge in [-0.1, -0.05) is 36.4 Å². The van der Waals surface area contributed by atoms with E-state index in [1.165, 1.54) is 16.5 Å². The van der Waals surface area contributed by atoms with Crippen LogP contribution in [-0.4, -0.2) is 34.6 Å². The number of fused-ring (bicyclic) bond motifs is 2. The summed E-state index contributed by atoms with van der Waals surface area (Å²) < 4.78 is 7.99. The molecule has 0 aliphatic carbocycles. The molecule has 3 aromatic rings. The second-order valence-electron chi connectivity index (χ2n) is 7.29. The Labute approximate surface area is 153 Å². The zero-order valence-electron chi connectivity index (χ0n) is 14.9. The van der Waals surface area contributed by atoms with Gasteiger partial charge in [0.05, 0.1) is 12.1 Å². The van der Waals surface area contributed by atoms with Crippen LogP contribution in [0.3, 0.4) is 0 Å². The highest BCUT2D eigenvalue weighted by Crippen LogP contribution is 2.42. The number of hydrogen-bond donors (Lipinski definition) is 0. The smallest absolute Gasteiger partial charge is 0.255 e. The van der Waals surface area contributed by atoms with Crippen molar-refractivity contribution in [3.63, 3.8) is 0 Å². The van der Waals surface area contributed by atoms with Gasteiger partial charge in [-0.25, -0.2) is 0 Å². The molecule has 0 spiro atoms. The van der Waals surface area contributed by atoms with E-state index in [0.29, 0.717) is 6.54 Å². The molecule has 2 aliphatic rings. The van der Waals surface area contributed by atoms with E-state index in [1.807, 2.05) is 23.1 Å². The topological polar surface area (TPSA) is 34.5 Å². The molecular formula is C22H22N2O2. The summed E-state index contributed by atoms with van der Waals surface area (Å²) in [6, 6.07) is 16.4. The van der Waals surface area contributed by atoms with Crippen molar-refractivity contribution in [2.75, 3.05) is 13.2 Å². The second kappa shape index (κ2) is 5.99. The third-order valence-electron chi connectivity index (χ3n) is 5.71. The lowest BCUT2D eigenvalue weighted by molar-refractivity contribution is 0.0500. The Morgan fingerprint density at radius 3 is 2.73 bits per heavy atom. The molecule has 4 nitrogen and oxygen atoms in total. The van der Waals surface area contributed by atoms with Gasteiger partial charge in [0.1, 0.15) is 0 Å². The van der Waals surface area contributed by atoms with Gasteiger partial charge in [-0.15, -0.1) is 0 Å². The number of amides is 1. The van der Waals surface area contributed by atoms with E-state index in [4.69, 9.17) is 4.74 Å². The molecule has 2 aliphatic heterocycles. The Bertz CT molecular complexity index is 985. The minimum Gasteiger partial charge on any atom is -0.376 e. The molecule has 5 rings (SSSR count). The molecule has 0 bridgehead atoms. The normalized spacial score (nSPS) is 22.3. The first-order valence-corrected chi connectivity index (χ1v) is 9.29. The molecule has 4 heteroatoms. The van der Waals surface area contributed by atoms with Gasteiger partial charge in [-0.2, -0.15) is 0 Å². The number of para-hydroxylation sites is 1. The molecule has 0 unspecified atom stereocenters. The lowest BCUT2D eigenvalue weighted by atomic mass is 9.97. The molecule has 2 aromatic carbocycles. The molecule has 132 valence electrons. The number of ether oxygens (including phenoxy) is 1. The van der Waals surface area contributed by atoms with E-state index in [1.54, 1.807) is 0 Å². The predicted molar refractivity (Wildman–Crippen MR) is 101 cm³/mol. The van der Waals surface area contributed by atoms with E-state index >= 15 is 0 Å². The first-order chi connectivity index (χ1) is 12.7. The molecule has 1 saturated heterocycles. The summed E-state index contributed by atoms with van der Waals surface area (Å²) in [5.74, 6) is 0.119. The number of aromatic nitrogens is 1. The largest absolute Gasteiger partial charge is 0.376 e. The van der Waals surface area contributed by atoms with E-state index in [0.717, 1.165) is 30.6 Å². The van der Waals surface area contributed by atoms with Crippen molar-refractivity contribution < 1.29 is 9.53 Å². The number of hydrogen-bond acceptors (Lipinski definition) is 2. The Morgan fingerprint density at radius 2 is 1.88 bits per heavy atom. The fourth-order valence-electron chi connectivity index (χ4n) is 4.49. The van der Waals surface area contributed by atoms with Gasteiger partial charge in [0.2, 0.25) is 0 Å². The zero-order chi connectivity index (χ0) is 17.7. The summed E-state index contributed by atoms with van der Waals surface area (Å²) in [6.07, 6.45) is 4.43. The standard InChI is InChI=1S/C22H22N2O2/c1-23-14-19(16-8-4-5-11-20(16)23)21-17-9-2-3-10-18(17)22(25)24(21)13-15-7-6-12-26-15/h2-5,8-11,14-15,21H,6-7,12-13H2,1H3/t15-,21+/m0/s1. The monoisotopic (exact) mass is 346 g/mol. The quantitative estimate of drug-likeness (QED) is 0.721. The molecule has 1 amide bonds. The number of aryl methyl sites for hydroxylation is 1. The van der Waals surface area contributed by atoms with Crippen LogP contribution in [0.1, 0.15) is 40.4 Å². The van der Waals surface area contributed by atoms with Gasteiger partial charge in [0, 0.05) is 48.4 Å². The Balaban J connectivity index is 1.66. The van der Waals surface area contributed by atoms with Gasteiger partial charge in [-0.05, 0) is 30.5 Å². The molecule has 3 heterocycles. The number of carbonyl (C=O) groups is 1. The van der Waals surface area contributed by atoms with Crippen LogP contribution in [-0.2, 0) is 11.8 Å². The fourth-order valence-corrected chi connectivity index (χ4v) is 4.49. The van der Waals surface area contributed by atoms with Gasteiger partial charge in [0.25, 0.3) is 5.91 Å². The van der Waals surface area contributed by atoms with Crippen LogP contribution in [0.2, 0.25) is 0 Å². The van der Waals surface area contributed by atoms with Crippen LogP contribution in [0.15, 0.2) is 54.7 Å². The van der Waals surface area contributed by atoms with Crippen LogP contribution >= 0.6 is 0 Å². The Morgan fingerprint density at radius 1 is 1.08 bits per heavy atom.